The fourth-order valence-corrected chi connectivity index (χ4v) is 2.69. The molecular weight excluding hydrogens is 290 g/mol. The molecule has 0 unspecified atom stereocenters. The summed E-state index contributed by atoms with van der Waals surface area (Å²) < 4.78 is 1.39. The highest BCUT2D eigenvalue weighted by Gasteiger charge is 2.12. The molecule has 0 spiro atoms. The zero-order chi connectivity index (χ0) is 17.0. The summed E-state index contributed by atoms with van der Waals surface area (Å²) in [6.07, 6.45) is 1.68. The van der Waals surface area contributed by atoms with Crippen LogP contribution in [0.5, 0.6) is 0 Å². The minimum Gasteiger partial charge on any atom is -0.324 e. The van der Waals surface area contributed by atoms with E-state index in [0.717, 1.165) is 35.3 Å². The summed E-state index contributed by atoms with van der Waals surface area (Å²) in [4.78, 5) is 28.3. The molecule has 0 aliphatic heterocycles. The fraction of sp³-hybridized carbons (Fsp3) is 0.389. The van der Waals surface area contributed by atoms with Gasteiger partial charge in [-0.15, -0.1) is 0 Å². The van der Waals surface area contributed by atoms with E-state index in [1.807, 2.05) is 18.2 Å². The quantitative estimate of drug-likeness (QED) is 0.923. The fourth-order valence-electron chi connectivity index (χ4n) is 2.69. The van der Waals surface area contributed by atoms with Crippen molar-refractivity contribution >= 4 is 11.6 Å². The molecule has 0 radical (unpaired) electrons. The average Bonchev–Trinajstić information content (AvgIpc) is 2.51. The lowest BCUT2D eigenvalue weighted by atomic mass is 10.0. The van der Waals surface area contributed by atoms with Crippen LogP contribution < -0.4 is 11.0 Å². The number of para-hydroxylation sites is 1. The van der Waals surface area contributed by atoms with Crippen molar-refractivity contribution in [2.45, 2.75) is 47.1 Å². The van der Waals surface area contributed by atoms with Crippen LogP contribution in [0, 0.1) is 13.8 Å². The van der Waals surface area contributed by atoms with Gasteiger partial charge in [-0.05, 0) is 43.9 Å². The van der Waals surface area contributed by atoms with E-state index in [-0.39, 0.29) is 12.5 Å². The molecule has 1 aromatic heterocycles. The minimum absolute atomic E-state index is 0.0286. The molecule has 0 fully saturated rings. The van der Waals surface area contributed by atoms with Crippen molar-refractivity contribution in [2.24, 2.45) is 0 Å². The van der Waals surface area contributed by atoms with Gasteiger partial charge in [-0.2, -0.15) is 4.98 Å². The van der Waals surface area contributed by atoms with Gasteiger partial charge >= 0.3 is 5.69 Å². The van der Waals surface area contributed by atoms with Gasteiger partial charge in [0.25, 0.3) is 0 Å². The van der Waals surface area contributed by atoms with Crippen LogP contribution in [-0.2, 0) is 24.2 Å². The van der Waals surface area contributed by atoms with Crippen molar-refractivity contribution in [1.29, 1.82) is 0 Å². The summed E-state index contributed by atoms with van der Waals surface area (Å²) in [5.74, 6) is -0.212. The summed E-state index contributed by atoms with van der Waals surface area (Å²) in [5.41, 5.74) is 4.07. The number of carbonyl (C=O) groups is 1. The molecule has 1 heterocycles. The molecule has 2 aromatic rings. The van der Waals surface area contributed by atoms with E-state index in [4.69, 9.17) is 0 Å². The Kier molecular flexibility index (Phi) is 5.32. The van der Waals surface area contributed by atoms with Crippen LogP contribution in [0.3, 0.4) is 0 Å². The van der Waals surface area contributed by atoms with Crippen LogP contribution in [-0.4, -0.2) is 15.5 Å². The van der Waals surface area contributed by atoms with Crippen LogP contribution in [0.25, 0.3) is 0 Å². The van der Waals surface area contributed by atoms with Gasteiger partial charge in [0, 0.05) is 17.1 Å². The van der Waals surface area contributed by atoms with Crippen LogP contribution in [0.15, 0.2) is 29.1 Å². The number of anilines is 1. The van der Waals surface area contributed by atoms with Gasteiger partial charge in [-0.1, -0.05) is 32.0 Å². The summed E-state index contributed by atoms with van der Waals surface area (Å²) in [7, 11) is 0. The van der Waals surface area contributed by atoms with Gasteiger partial charge in [0.05, 0.1) is 0 Å². The zero-order valence-corrected chi connectivity index (χ0v) is 14.1. The van der Waals surface area contributed by atoms with Crippen molar-refractivity contribution < 1.29 is 4.79 Å². The maximum Gasteiger partial charge on any atom is 0.348 e. The Balaban J connectivity index is 2.26. The Labute approximate surface area is 136 Å². The number of benzene rings is 1. The van der Waals surface area contributed by atoms with Gasteiger partial charge in [-0.25, -0.2) is 4.79 Å². The molecule has 0 saturated carbocycles. The summed E-state index contributed by atoms with van der Waals surface area (Å²) in [6, 6.07) is 7.83. The second kappa shape index (κ2) is 7.22. The Hall–Kier alpha value is -2.43. The molecule has 1 amide bonds. The smallest absolute Gasteiger partial charge is 0.324 e. The molecule has 122 valence electrons. The number of hydrogen-bond acceptors (Lipinski definition) is 3. The molecule has 1 N–H and O–H groups in total. The van der Waals surface area contributed by atoms with E-state index in [2.05, 4.69) is 24.1 Å². The van der Waals surface area contributed by atoms with E-state index < -0.39 is 5.69 Å². The Morgan fingerprint density at radius 2 is 1.78 bits per heavy atom. The maximum atomic E-state index is 12.4. The lowest BCUT2D eigenvalue weighted by Gasteiger charge is -2.15. The lowest BCUT2D eigenvalue weighted by Crippen LogP contribution is -2.31. The highest BCUT2D eigenvalue weighted by atomic mass is 16.2. The molecule has 5 heteroatoms. The molecule has 0 bridgehead atoms. The molecule has 2 rings (SSSR count). The third-order valence-electron chi connectivity index (χ3n) is 3.91. The number of hydrogen-bond donors (Lipinski definition) is 1. The summed E-state index contributed by atoms with van der Waals surface area (Å²) >= 11 is 0. The number of nitrogens with zero attached hydrogens (tertiary/aromatic N) is 2. The predicted octanol–water partition coefficient (Wildman–Crippen LogP) is 2.62. The first-order valence-electron chi connectivity index (χ1n) is 7.92. The lowest BCUT2D eigenvalue weighted by molar-refractivity contribution is -0.116. The topological polar surface area (TPSA) is 64.0 Å². The van der Waals surface area contributed by atoms with E-state index in [9.17, 15) is 9.59 Å². The standard InChI is InChI=1S/C18H23N3O2/c1-5-14-8-7-9-15(6-2)17(14)20-16(22)11-21-13(4)10-12(3)19-18(21)23/h7-10H,5-6,11H2,1-4H3,(H,20,22). The normalized spacial score (nSPS) is 10.6. The maximum absolute atomic E-state index is 12.4. The molecule has 5 nitrogen and oxygen atoms in total. The molecule has 0 aliphatic carbocycles. The SMILES string of the molecule is CCc1cccc(CC)c1NC(=O)Cn1c(C)cc(C)nc1=O. The molecule has 23 heavy (non-hydrogen) atoms. The first kappa shape index (κ1) is 16.9. The van der Waals surface area contributed by atoms with Gasteiger partial charge in [0.15, 0.2) is 0 Å². The number of aryl methyl sites for hydroxylation is 4. The third kappa shape index (κ3) is 3.86. The molecular formula is C18H23N3O2. The average molecular weight is 313 g/mol. The Morgan fingerprint density at radius 1 is 1.17 bits per heavy atom. The summed E-state index contributed by atoms with van der Waals surface area (Å²) in [6.45, 7) is 7.66. The van der Waals surface area contributed by atoms with Gasteiger partial charge in [0.2, 0.25) is 5.91 Å². The first-order valence-corrected chi connectivity index (χ1v) is 7.92. The van der Waals surface area contributed by atoms with Crippen molar-refractivity contribution in [3.05, 3.63) is 57.3 Å². The number of rotatable bonds is 5. The molecule has 0 aliphatic rings. The minimum atomic E-state index is -0.392. The highest BCUT2D eigenvalue weighted by molar-refractivity contribution is 5.92. The second-order valence-electron chi connectivity index (χ2n) is 5.61. The van der Waals surface area contributed by atoms with E-state index in [1.54, 1.807) is 19.9 Å². The van der Waals surface area contributed by atoms with Crippen LogP contribution in [0.2, 0.25) is 0 Å². The van der Waals surface area contributed by atoms with E-state index in [0.29, 0.717) is 5.69 Å². The third-order valence-corrected chi connectivity index (χ3v) is 3.91. The predicted molar refractivity (Wildman–Crippen MR) is 91.8 cm³/mol. The van der Waals surface area contributed by atoms with Crippen molar-refractivity contribution in [3.63, 3.8) is 0 Å². The van der Waals surface area contributed by atoms with Gasteiger partial charge in [-0.3, -0.25) is 9.36 Å². The van der Waals surface area contributed by atoms with E-state index >= 15 is 0 Å². The number of nitrogens with one attached hydrogen (secondary N) is 1. The van der Waals surface area contributed by atoms with Crippen LogP contribution in [0.1, 0.15) is 36.4 Å². The Bertz CT molecular complexity index is 756. The van der Waals surface area contributed by atoms with Gasteiger partial charge < -0.3 is 5.32 Å². The first-order chi connectivity index (χ1) is 11.0. The molecule has 0 saturated heterocycles. The molecule has 1 aromatic carbocycles. The van der Waals surface area contributed by atoms with Crippen LogP contribution in [0.4, 0.5) is 5.69 Å². The molecule has 0 atom stereocenters. The monoisotopic (exact) mass is 313 g/mol. The van der Waals surface area contributed by atoms with Crippen LogP contribution >= 0.6 is 0 Å². The van der Waals surface area contributed by atoms with E-state index in [1.165, 1.54) is 4.57 Å². The number of carbonyl (C=O) groups excluding carboxylic acids is 1. The van der Waals surface area contributed by atoms with Crippen molar-refractivity contribution in [2.75, 3.05) is 5.32 Å². The Morgan fingerprint density at radius 3 is 2.30 bits per heavy atom. The zero-order valence-electron chi connectivity index (χ0n) is 14.1. The summed E-state index contributed by atoms with van der Waals surface area (Å²) in [5, 5.41) is 2.97. The number of amides is 1. The second-order valence-corrected chi connectivity index (χ2v) is 5.61. The highest BCUT2D eigenvalue weighted by Crippen LogP contribution is 2.22. The van der Waals surface area contributed by atoms with Crippen molar-refractivity contribution in [1.82, 2.24) is 9.55 Å². The van der Waals surface area contributed by atoms with Gasteiger partial charge in [0.1, 0.15) is 6.54 Å². The number of aromatic nitrogens is 2. The van der Waals surface area contributed by atoms with Crippen molar-refractivity contribution in [3.8, 4) is 0 Å². The largest absolute Gasteiger partial charge is 0.348 e.